The molecule has 3 heterocycles. The highest BCUT2D eigenvalue weighted by molar-refractivity contribution is 9.10. The van der Waals surface area contributed by atoms with Crippen molar-refractivity contribution >= 4 is 39.1 Å². The van der Waals surface area contributed by atoms with E-state index in [1.807, 2.05) is 42.6 Å². The Bertz CT molecular complexity index is 1070. The molecule has 2 aliphatic rings. The fourth-order valence-corrected chi connectivity index (χ4v) is 3.86. The number of nitrogens with zero attached hydrogens (tertiary/aromatic N) is 1. The first kappa shape index (κ1) is 19.3. The number of rotatable bonds is 1. The Morgan fingerprint density at radius 3 is 2.07 bits per heavy atom. The minimum atomic E-state index is 0.103. The van der Waals surface area contributed by atoms with Crippen LogP contribution in [-0.2, 0) is 22.4 Å². The number of hydrogen-bond donors (Lipinski definition) is 2. The molecule has 0 atom stereocenters. The Balaban J connectivity index is 0.000000150. The molecule has 3 aromatic rings. The van der Waals surface area contributed by atoms with Crippen LogP contribution in [0.4, 0.5) is 11.4 Å². The van der Waals surface area contributed by atoms with Gasteiger partial charge in [-0.15, -0.1) is 0 Å². The van der Waals surface area contributed by atoms with Crippen molar-refractivity contribution in [2.24, 2.45) is 0 Å². The highest BCUT2D eigenvalue weighted by atomic mass is 79.9. The lowest BCUT2D eigenvalue weighted by molar-refractivity contribution is -0.117. The van der Waals surface area contributed by atoms with Crippen LogP contribution in [0.3, 0.4) is 0 Å². The third kappa shape index (κ3) is 4.71. The van der Waals surface area contributed by atoms with Crippen LogP contribution in [0.15, 0.2) is 65.4 Å². The Kier molecular flexibility index (Phi) is 5.71. The van der Waals surface area contributed by atoms with E-state index in [0.29, 0.717) is 12.8 Å². The minimum absolute atomic E-state index is 0.103. The SMILES string of the molecule is O=C1CCc2cc(-c3cccnc3)ccc2N1.O=C1CCc2cc(Br)ccc2N1. The number of anilines is 2. The quantitative estimate of drug-likeness (QED) is 0.550. The average molecular weight is 450 g/mol. The maximum atomic E-state index is 11.3. The van der Waals surface area contributed by atoms with Crippen LogP contribution in [0, 0.1) is 0 Å². The van der Waals surface area contributed by atoms with Crippen molar-refractivity contribution in [2.75, 3.05) is 10.6 Å². The number of aryl methyl sites for hydroxylation is 2. The summed E-state index contributed by atoms with van der Waals surface area (Å²) < 4.78 is 1.07. The third-order valence-electron chi connectivity index (χ3n) is 4.96. The second-order valence-corrected chi connectivity index (χ2v) is 7.93. The van der Waals surface area contributed by atoms with Gasteiger partial charge >= 0.3 is 0 Å². The van der Waals surface area contributed by atoms with Gasteiger partial charge in [0.25, 0.3) is 0 Å². The molecule has 2 aliphatic heterocycles. The third-order valence-corrected chi connectivity index (χ3v) is 5.45. The van der Waals surface area contributed by atoms with Gasteiger partial charge in [-0.05, 0) is 71.5 Å². The van der Waals surface area contributed by atoms with Crippen LogP contribution < -0.4 is 10.6 Å². The van der Waals surface area contributed by atoms with E-state index in [9.17, 15) is 9.59 Å². The van der Waals surface area contributed by atoms with E-state index in [1.54, 1.807) is 6.20 Å². The fraction of sp³-hybridized carbons (Fsp3) is 0.174. The molecule has 2 aromatic carbocycles. The lowest BCUT2D eigenvalue weighted by Crippen LogP contribution is -2.18. The molecule has 5 nitrogen and oxygen atoms in total. The van der Waals surface area contributed by atoms with Gasteiger partial charge < -0.3 is 10.6 Å². The minimum Gasteiger partial charge on any atom is -0.326 e. The number of aromatic nitrogens is 1. The Hall–Kier alpha value is -2.99. The maximum absolute atomic E-state index is 11.3. The molecule has 0 unspecified atom stereocenters. The van der Waals surface area contributed by atoms with Crippen LogP contribution in [0.5, 0.6) is 0 Å². The second-order valence-electron chi connectivity index (χ2n) is 7.01. The number of benzene rings is 2. The molecule has 0 spiro atoms. The normalized spacial score (nSPS) is 14.5. The number of amides is 2. The topological polar surface area (TPSA) is 71.1 Å². The predicted molar refractivity (Wildman–Crippen MR) is 118 cm³/mol. The van der Waals surface area contributed by atoms with Gasteiger partial charge in [0.2, 0.25) is 11.8 Å². The molecule has 1 aromatic heterocycles. The monoisotopic (exact) mass is 449 g/mol. The average Bonchev–Trinajstić information content (AvgIpc) is 2.75. The fourth-order valence-electron chi connectivity index (χ4n) is 3.45. The standard InChI is InChI=1S/C14H12N2O.C9H8BrNO/c17-14-6-4-11-8-10(3-5-13(11)16-14)12-2-1-7-15-9-12;10-7-2-3-8-6(5-7)1-4-9(12)11-8/h1-3,5,7-9H,4,6H2,(H,16,17);2-3,5H,1,4H2,(H,11,12). The summed E-state index contributed by atoms with van der Waals surface area (Å²) >= 11 is 3.39. The summed E-state index contributed by atoms with van der Waals surface area (Å²) in [4.78, 5) is 26.4. The molecule has 0 radical (unpaired) electrons. The van der Waals surface area contributed by atoms with Gasteiger partial charge in [0.1, 0.15) is 0 Å². The van der Waals surface area contributed by atoms with Crippen molar-refractivity contribution in [3.8, 4) is 11.1 Å². The Morgan fingerprint density at radius 1 is 0.759 bits per heavy atom. The van der Waals surface area contributed by atoms with E-state index in [4.69, 9.17) is 0 Å². The second kappa shape index (κ2) is 8.57. The Morgan fingerprint density at radius 2 is 1.41 bits per heavy atom. The van der Waals surface area contributed by atoms with E-state index in [0.717, 1.165) is 39.8 Å². The molecule has 0 bridgehead atoms. The number of pyridine rings is 1. The maximum Gasteiger partial charge on any atom is 0.224 e. The summed E-state index contributed by atoms with van der Waals surface area (Å²) in [6, 6.07) is 16.0. The molecule has 0 aliphatic carbocycles. The first-order valence-corrected chi connectivity index (χ1v) is 10.3. The highest BCUT2D eigenvalue weighted by Gasteiger charge is 2.15. The van der Waals surface area contributed by atoms with E-state index < -0.39 is 0 Å². The molecule has 0 saturated carbocycles. The smallest absolute Gasteiger partial charge is 0.224 e. The van der Waals surface area contributed by atoms with E-state index in [-0.39, 0.29) is 11.8 Å². The molecule has 2 amide bonds. The predicted octanol–water partition coefficient (Wildman–Crippen LogP) is 4.97. The van der Waals surface area contributed by atoms with E-state index in [2.05, 4.69) is 43.7 Å². The van der Waals surface area contributed by atoms with Crippen LogP contribution >= 0.6 is 15.9 Å². The molecule has 5 rings (SSSR count). The summed E-state index contributed by atoms with van der Waals surface area (Å²) in [5.74, 6) is 0.219. The summed E-state index contributed by atoms with van der Waals surface area (Å²) in [5, 5.41) is 5.71. The molecule has 146 valence electrons. The van der Waals surface area contributed by atoms with Gasteiger partial charge in [-0.1, -0.05) is 28.1 Å². The van der Waals surface area contributed by atoms with Crippen LogP contribution in [-0.4, -0.2) is 16.8 Å². The number of carbonyl (C=O) groups excluding carboxylic acids is 2. The summed E-state index contributed by atoms with van der Waals surface area (Å²) in [6.45, 7) is 0. The van der Waals surface area contributed by atoms with Crippen LogP contribution in [0.1, 0.15) is 24.0 Å². The molecule has 2 N–H and O–H groups in total. The first-order chi connectivity index (χ1) is 14.1. The summed E-state index contributed by atoms with van der Waals surface area (Å²) in [5.41, 5.74) is 6.55. The molecule has 0 saturated heterocycles. The number of halogens is 1. The molecular weight excluding hydrogens is 430 g/mol. The zero-order chi connectivity index (χ0) is 20.2. The van der Waals surface area contributed by atoms with Crippen molar-refractivity contribution in [1.82, 2.24) is 4.98 Å². The summed E-state index contributed by atoms with van der Waals surface area (Å²) in [7, 11) is 0. The number of hydrogen-bond acceptors (Lipinski definition) is 3. The van der Waals surface area contributed by atoms with E-state index >= 15 is 0 Å². The van der Waals surface area contributed by atoms with Gasteiger partial charge in [-0.3, -0.25) is 14.6 Å². The van der Waals surface area contributed by atoms with E-state index in [1.165, 1.54) is 11.1 Å². The summed E-state index contributed by atoms with van der Waals surface area (Å²) in [6.07, 6.45) is 6.45. The number of carbonyl (C=O) groups is 2. The van der Waals surface area contributed by atoms with Gasteiger partial charge in [0.05, 0.1) is 0 Å². The largest absolute Gasteiger partial charge is 0.326 e. The molecule has 29 heavy (non-hydrogen) atoms. The van der Waals surface area contributed by atoms with Gasteiger partial charge in [0, 0.05) is 41.1 Å². The van der Waals surface area contributed by atoms with Crippen molar-refractivity contribution in [3.05, 3.63) is 76.5 Å². The highest BCUT2D eigenvalue weighted by Crippen LogP contribution is 2.28. The molecular formula is C23H20BrN3O2. The van der Waals surface area contributed by atoms with Gasteiger partial charge in [0.15, 0.2) is 0 Å². The van der Waals surface area contributed by atoms with Crippen molar-refractivity contribution in [3.63, 3.8) is 0 Å². The zero-order valence-electron chi connectivity index (χ0n) is 15.7. The zero-order valence-corrected chi connectivity index (χ0v) is 17.3. The van der Waals surface area contributed by atoms with Gasteiger partial charge in [-0.25, -0.2) is 0 Å². The molecule has 0 fully saturated rings. The van der Waals surface area contributed by atoms with Crippen molar-refractivity contribution < 1.29 is 9.59 Å². The lowest BCUT2D eigenvalue weighted by atomic mass is 9.98. The van der Waals surface area contributed by atoms with Crippen molar-refractivity contribution in [2.45, 2.75) is 25.7 Å². The van der Waals surface area contributed by atoms with Crippen molar-refractivity contribution in [1.29, 1.82) is 0 Å². The van der Waals surface area contributed by atoms with Gasteiger partial charge in [-0.2, -0.15) is 0 Å². The Labute approximate surface area is 177 Å². The number of fused-ring (bicyclic) bond motifs is 2. The number of nitrogens with one attached hydrogen (secondary N) is 2. The van der Waals surface area contributed by atoms with Crippen LogP contribution in [0.25, 0.3) is 11.1 Å². The first-order valence-electron chi connectivity index (χ1n) is 9.50. The van der Waals surface area contributed by atoms with Crippen LogP contribution in [0.2, 0.25) is 0 Å². The molecule has 6 heteroatoms. The lowest BCUT2D eigenvalue weighted by Gasteiger charge is -2.17.